The van der Waals surface area contributed by atoms with E-state index in [1.807, 2.05) is 54.6 Å². The summed E-state index contributed by atoms with van der Waals surface area (Å²) < 4.78 is 44.4. The van der Waals surface area contributed by atoms with E-state index >= 15 is 0 Å². The summed E-state index contributed by atoms with van der Waals surface area (Å²) in [5.74, 6) is -0.250. The number of aldehydes is 6. The predicted molar refractivity (Wildman–Crippen MR) is 267 cm³/mol. The van der Waals surface area contributed by atoms with Crippen molar-refractivity contribution < 1.29 is 56.2 Å². The van der Waals surface area contributed by atoms with E-state index in [4.69, 9.17) is 16.3 Å². The molecule has 1 saturated heterocycles. The smallest absolute Gasteiger partial charge is 0.427 e. The molecule has 0 amide bonds. The van der Waals surface area contributed by atoms with Gasteiger partial charge in [0.05, 0.1) is 4.88 Å². The summed E-state index contributed by atoms with van der Waals surface area (Å²) in [6.07, 6.45) is 4.31. The Morgan fingerprint density at radius 3 is 1.66 bits per heavy atom. The molecule has 11 nitrogen and oxygen atoms in total. The fraction of sp³-hybridized carbons (Fsp3) is 0.130. The molecule has 0 atom stereocenters. The van der Waals surface area contributed by atoms with E-state index in [2.05, 4.69) is 39.7 Å². The zero-order valence-electron chi connectivity index (χ0n) is 37.8. The van der Waals surface area contributed by atoms with Crippen LogP contribution in [0, 0.1) is 6.92 Å². The van der Waals surface area contributed by atoms with Gasteiger partial charge in [-0.15, -0.1) is 24.5 Å². The van der Waals surface area contributed by atoms with Crippen LogP contribution in [-0.4, -0.2) is 68.1 Å². The van der Waals surface area contributed by atoms with Crippen molar-refractivity contribution in [3.8, 4) is 11.5 Å². The molecule has 8 aromatic rings. The van der Waals surface area contributed by atoms with Crippen molar-refractivity contribution in [3.63, 3.8) is 0 Å². The first-order valence-electron chi connectivity index (χ1n) is 21.2. The molecule has 360 valence electrons. The summed E-state index contributed by atoms with van der Waals surface area (Å²) in [6, 6.07) is 41.4. The molecule has 1 aliphatic rings. The lowest BCUT2D eigenvalue weighted by molar-refractivity contribution is -0.274. The number of aromatic nitrogens is 1. The van der Waals surface area contributed by atoms with Gasteiger partial charge < -0.3 is 19.4 Å². The SMILES string of the molecule is CC(=O)Oc1ccc(C=O)cc1.Cc1ccc2sc(C=O)cc2c1.O=Cc1c[nH]c2ccccc12.O=Cc1ccc(Cl)cc1.O=Cc1ccc(N2CCCC2)cc1.O=Cc1ccc(OC(F)(F)F)cc1. The van der Waals surface area contributed by atoms with Gasteiger partial charge in [0.1, 0.15) is 36.6 Å². The summed E-state index contributed by atoms with van der Waals surface area (Å²) in [7, 11) is 0. The minimum absolute atomic E-state index is 0.300. The Hall–Kier alpha value is -8.01. The highest BCUT2D eigenvalue weighted by Gasteiger charge is 2.30. The number of nitrogens with zero attached hydrogens (tertiary/aromatic N) is 1. The van der Waals surface area contributed by atoms with E-state index in [0.29, 0.717) is 33.7 Å². The maximum absolute atomic E-state index is 11.6. The van der Waals surface area contributed by atoms with Gasteiger partial charge in [0.2, 0.25) is 0 Å². The Labute approximate surface area is 410 Å². The van der Waals surface area contributed by atoms with E-state index in [1.54, 1.807) is 54.7 Å². The summed E-state index contributed by atoms with van der Waals surface area (Å²) >= 11 is 7.09. The van der Waals surface area contributed by atoms with Gasteiger partial charge >= 0.3 is 12.3 Å². The number of hydrogen-bond acceptors (Lipinski definition) is 11. The number of anilines is 1. The lowest BCUT2D eigenvalue weighted by Gasteiger charge is -2.17. The van der Waals surface area contributed by atoms with Crippen molar-refractivity contribution >= 4 is 93.3 Å². The lowest BCUT2D eigenvalue weighted by atomic mass is 10.2. The number of para-hydroxylation sites is 1. The van der Waals surface area contributed by atoms with Crippen LogP contribution in [0.3, 0.4) is 0 Å². The molecule has 0 unspecified atom stereocenters. The number of aryl methyl sites for hydroxylation is 1. The number of hydrogen-bond donors (Lipinski definition) is 1. The van der Waals surface area contributed by atoms with E-state index in [0.717, 1.165) is 83.6 Å². The Morgan fingerprint density at radius 2 is 1.16 bits per heavy atom. The molecular weight excluding hydrogens is 945 g/mol. The van der Waals surface area contributed by atoms with E-state index in [-0.39, 0.29) is 11.7 Å². The third-order valence-electron chi connectivity index (χ3n) is 9.59. The number of nitrogens with one attached hydrogen (secondary N) is 1. The second-order valence-electron chi connectivity index (χ2n) is 14.8. The molecule has 1 aliphatic heterocycles. The van der Waals surface area contributed by atoms with Crippen LogP contribution in [0.15, 0.2) is 152 Å². The quantitative estimate of drug-likeness (QED) is 0.0838. The first kappa shape index (κ1) is 54.6. The molecule has 3 heterocycles. The van der Waals surface area contributed by atoms with Crippen molar-refractivity contribution in [2.24, 2.45) is 0 Å². The molecule has 0 bridgehead atoms. The number of esters is 1. The normalized spacial score (nSPS) is 11.1. The zero-order chi connectivity index (χ0) is 50.9. The predicted octanol–water partition coefficient (Wildman–Crippen LogP) is 13.1. The molecule has 0 aliphatic carbocycles. The second-order valence-corrected chi connectivity index (χ2v) is 16.4. The molecule has 16 heteroatoms. The monoisotopic (exact) mass is 990 g/mol. The van der Waals surface area contributed by atoms with Crippen molar-refractivity contribution in [2.45, 2.75) is 33.1 Å². The lowest BCUT2D eigenvalue weighted by Crippen LogP contribution is -2.17. The standard InChI is InChI=1S/C11H13NO.C10H8OS.C9H7NO.C9H8O3.C8H5F3O2.C7H5ClO/c13-9-10-3-5-11(6-4-10)12-7-1-2-8-12;1-7-2-3-10-8(4-7)5-9(6-11)12-10;11-6-7-5-10-9-4-2-1-3-8(7)9;1-7(11)12-9-4-2-8(6-10)3-5-9;9-8(10,11)13-7-3-1-6(5-12)2-4-7;8-7-3-1-6(5-9)2-4-7/h3-6,9H,1-2,7-8H2;2-6H,1H3;1-6,10H;2-6H,1H3;1-5H;1-5H. The largest absolute Gasteiger partial charge is 0.573 e. The molecule has 0 radical (unpaired) electrons. The molecule has 1 fully saturated rings. The van der Waals surface area contributed by atoms with Gasteiger partial charge in [-0.1, -0.05) is 59.6 Å². The highest BCUT2D eigenvalue weighted by Crippen LogP contribution is 2.26. The summed E-state index contributed by atoms with van der Waals surface area (Å²) in [5, 5.41) is 2.81. The fourth-order valence-corrected chi connectivity index (χ4v) is 7.23. The minimum atomic E-state index is -4.69. The number of rotatable bonds is 9. The summed E-state index contributed by atoms with van der Waals surface area (Å²) in [6.45, 7) is 5.69. The third kappa shape index (κ3) is 18.9. The number of carbonyl (C=O) groups excluding carboxylic acids is 7. The third-order valence-corrected chi connectivity index (χ3v) is 10.9. The average Bonchev–Trinajstić information content (AvgIpc) is 4.16. The number of H-pyrrole nitrogens is 1. The Bertz CT molecular complexity index is 2930. The summed E-state index contributed by atoms with van der Waals surface area (Å²) in [5.41, 5.74) is 6.47. The molecule has 0 saturated carbocycles. The van der Waals surface area contributed by atoms with Crippen molar-refractivity contribution in [1.29, 1.82) is 0 Å². The maximum atomic E-state index is 11.6. The number of carbonyl (C=O) groups is 7. The van der Waals surface area contributed by atoms with E-state index in [1.165, 1.54) is 64.6 Å². The summed E-state index contributed by atoms with van der Waals surface area (Å²) in [4.78, 5) is 78.4. The zero-order valence-corrected chi connectivity index (χ0v) is 39.3. The molecular formula is C54H46ClF3N2O9S. The van der Waals surface area contributed by atoms with Gasteiger partial charge in [-0.25, -0.2) is 0 Å². The van der Waals surface area contributed by atoms with Crippen LogP contribution in [0.5, 0.6) is 11.5 Å². The van der Waals surface area contributed by atoms with Crippen LogP contribution in [0.25, 0.3) is 21.0 Å². The number of fused-ring (bicyclic) bond motifs is 2. The highest BCUT2D eigenvalue weighted by molar-refractivity contribution is 7.20. The van der Waals surface area contributed by atoms with Crippen LogP contribution in [0.2, 0.25) is 5.02 Å². The van der Waals surface area contributed by atoms with Crippen LogP contribution in [0.1, 0.15) is 86.8 Å². The van der Waals surface area contributed by atoms with Gasteiger partial charge in [0.15, 0.2) is 12.6 Å². The number of alkyl halides is 3. The molecule has 9 rings (SSSR count). The molecule has 2 aromatic heterocycles. The van der Waals surface area contributed by atoms with Crippen LogP contribution >= 0.6 is 22.9 Å². The Kier molecular flexibility index (Phi) is 22.1. The van der Waals surface area contributed by atoms with Crippen LogP contribution in [-0.2, 0) is 4.79 Å². The number of halogens is 4. The average molecular weight is 991 g/mol. The second kappa shape index (κ2) is 28.3. The number of ether oxygens (including phenoxy) is 2. The van der Waals surface area contributed by atoms with E-state index < -0.39 is 6.36 Å². The molecule has 70 heavy (non-hydrogen) atoms. The Balaban J connectivity index is 0.000000183. The van der Waals surface area contributed by atoms with E-state index in [9.17, 15) is 46.7 Å². The van der Waals surface area contributed by atoms with Gasteiger partial charge in [-0.2, -0.15) is 0 Å². The maximum Gasteiger partial charge on any atom is 0.573 e. The fourth-order valence-electron chi connectivity index (χ4n) is 6.24. The topological polar surface area (TPSA) is 157 Å². The number of aromatic amines is 1. The van der Waals surface area contributed by atoms with Crippen molar-refractivity contribution in [3.05, 3.63) is 195 Å². The number of benzene rings is 6. The minimum Gasteiger partial charge on any atom is -0.427 e. The first-order chi connectivity index (χ1) is 33.7. The van der Waals surface area contributed by atoms with Crippen molar-refractivity contribution in [1.82, 2.24) is 4.98 Å². The van der Waals surface area contributed by atoms with Gasteiger partial charge in [-0.3, -0.25) is 33.6 Å². The Morgan fingerprint density at radius 1 is 0.643 bits per heavy atom. The first-order valence-corrected chi connectivity index (χ1v) is 22.4. The number of thiophene rings is 1. The van der Waals surface area contributed by atoms with Crippen LogP contribution in [0.4, 0.5) is 18.9 Å². The van der Waals surface area contributed by atoms with Gasteiger partial charge in [0.25, 0.3) is 0 Å². The van der Waals surface area contributed by atoms with Gasteiger partial charge in [-0.05, 0) is 128 Å². The molecule has 0 spiro atoms. The van der Waals surface area contributed by atoms with Crippen molar-refractivity contribution in [2.75, 3.05) is 18.0 Å². The molecule has 6 aromatic carbocycles. The van der Waals surface area contributed by atoms with Gasteiger partial charge in [0, 0.05) is 80.3 Å². The highest BCUT2D eigenvalue weighted by atomic mass is 35.5. The molecule has 1 N–H and O–H groups in total. The van der Waals surface area contributed by atoms with Crippen LogP contribution < -0.4 is 14.4 Å².